The Labute approximate surface area is 157 Å². The predicted molar refractivity (Wildman–Crippen MR) is 106 cm³/mol. The van der Waals surface area contributed by atoms with Gasteiger partial charge in [0.1, 0.15) is 0 Å². The van der Waals surface area contributed by atoms with Gasteiger partial charge in [-0.15, -0.1) is 11.3 Å². The lowest BCUT2D eigenvalue weighted by Gasteiger charge is -2.10. The highest BCUT2D eigenvalue weighted by Crippen LogP contribution is 2.30. The Morgan fingerprint density at radius 3 is 2.50 bits per heavy atom. The molecule has 1 aromatic heterocycles. The number of aliphatic hydroxyl groups excluding tert-OH is 1. The van der Waals surface area contributed by atoms with Gasteiger partial charge in [-0.1, -0.05) is 60.2 Å². The van der Waals surface area contributed by atoms with E-state index in [2.05, 4.69) is 22.4 Å². The average Bonchev–Trinajstić information content (AvgIpc) is 3.01. The summed E-state index contributed by atoms with van der Waals surface area (Å²) in [7, 11) is 0. The van der Waals surface area contributed by atoms with Crippen LogP contribution in [-0.4, -0.2) is 16.0 Å². The normalized spacial score (nSPS) is 12.0. The molecule has 0 fully saturated rings. The molecule has 1 heterocycles. The van der Waals surface area contributed by atoms with Gasteiger partial charge in [0.25, 0.3) is 0 Å². The number of rotatable bonds is 6. The van der Waals surface area contributed by atoms with E-state index in [0.29, 0.717) is 11.6 Å². The summed E-state index contributed by atoms with van der Waals surface area (Å²) in [5.41, 5.74) is 3.97. The second kappa shape index (κ2) is 8.25. The van der Waals surface area contributed by atoms with Crippen LogP contribution in [0.2, 0.25) is 0 Å². The summed E-state index contributed by atoms with van der Waals surface area (Å²) in [4.78, 5) is 17.8. The maximum atomic E-state index is 12.2. The van der Waals surface area contributed by atoms with Crippen molar-refractivity contribution in [1.82, 2.24) is 4.98 Å². The molecule has 2 aromatic carbocycles. The molecule has 0 unspecified atom stereocenters. The molecule has 0 aliphatic carbocycles. The minimum absolute atomic E-state index is 0.135. The summed E-state index contributed by atoms with van der Waals surface area (Å²) in [5.74, 6) is -0.135. The van der Waals surface area contributed by atoms with Gasteiger partial charge in [-0.2, -0.15) is 0 Å². The molecule has 0 saturated carbocycles. The van der Waals surface area contributed by atoms with Crippen molar-refractivity contribution < 1.29 is 9.90 Å². The van der Waals surface area contributed by atoms with E-state index in [-0.39, 0.29) is 12.3 Å². The Bertz CT molecular complexity index is 873. The van der Waals surface area contributed by atoms with E-state index in [9.17, 15) is 9.90 Å². The van der Waals surface area contributed by atoms with E-state index in [1.165, 1.54) is 16.9 Å². The summed E-state index contributed by atoms with van der Waals surface area (Å²) in [5, 5.41) is 13.6. The molecule has 4 nitrogen and oxygen atoms in total. The van der Waals surface area contributed by atoms with E-state index in [0.717, 1.165) is 21.7 Å². The molecule has 26 heavy (non-hydrogen) atoms. The highest BCUT2D eigenvalue weighted by Gasteiger charge is 2.14. The number of aliphatic hydroxyl groups is 1. The molecule has 134 valence electrons. The average molecular weight is 366 g/mol. The second-order valence-corrected chi connectivity index (χ2v) is 7.51. The largest absolute Gasteiger partial charge is 0.388 e. The number of carbonyl (C=O) groups excluding carboxylic acids is 1. The monoisotopic (exact) mass is 366 g/mol. The Balaban J connectivity index is 1.59. The van der Waals surface area contributed by atoms with E-state index in [4.69, 9.17) is 0 Å². The van der Waals surface area contributed by atoms with Gasteiger partial charge >= 0.3 is 0 Å². The van der Waals surface area contributed by atoms with E-state index in [1.807, 2.05) is 56.3 Å². The van der Waals surface area contributed by atoms with Crippen LogP contribution >= 0.6 is 11.3 Å². The minimum atomic E-state index is -0.636. The standard InChI is InChI=1S/C21H22N2O2S/c1-14-8-10-17(11-9-14)20-15(2)26-21(23-20)22-19(25)13-12-18(24)16-6-4-3-5-7-16/h3-11,18,24H,12-13H2,1-2H3,(H,22,23,25)/t18-/m0/s1. The number of anilines is 1. The number of aromatic nitrogens is 1. The molecule has 1 atom stereocenters. The maximum absolute atomic E-state index is 12.2. The highest BCUT2D eigenvalue weighted by atomic mass is 32.1. The van der Waals surface area contributed by atoms with Crippen LogP contribution in [0.3, 0.4) is 0 Å². The van der Waals surface area contributed by atoms with Crippen LogP contribution < -0.4 is 5.32 Å². The summed E-state index contributed by atoms with van der Waals surface area (Å²) in [6.45, 7) is 4.05. The zero-order chi connectivity index (χ0) is 18.5. The first kappa shape index (κ1) is 18.3. The van der Waals surface area contributed by atoms with Gasteiger partial charge in [-0.05, 0) is 25.8 Å². The lowest BCUT2D eigenvalue weighted by molar-refractivity contribution is -0.116. The predicted octanol–water partition coefficient (Wildman–Crippen LogP) is 4.88. The number of thiazole rings is 1. The van der Waals surface area contributed by atoms with Crippen molar-refractivity contribution in [3.8, 4) is 11.3 Å². The number of aryl methyl sites for hydroxylation is 2. The number of amides is 1. The third kappa shape index (κ3) is 4.56. The lowest BCUT2D eigenvalue weighted by Crippen LogP contribution is -2.12. The fourth-order valence-electron chi connectivity index (χ4n) is 2.72. The molecule has 0 aliphatic rings. The number of hydrogen-bond donors (Lipinski definition) is 2. The van der Waals surface area contributed by atoms with Crippen molar-refractivity contribution in [1.29, 1.82) is 0 Å². The fourth-order valence-corrected chi connectivity index (χ4v) is 3.57. The molecule has 3 aromatic rings. The van der Waals surface area contributed by atoms with Crippen molar-refractivity contribution in [3.05, 3.63) is 70.6 Å². The number of benzene rings is 2. The Hall–Kier alpha value is -2.50. The molecule has 3 rings (SSSR count). The zero-order valence-corrected chi connectivity index (χ0v) is 15.7. The summed E-state index contributed by atoms with van der Waals surface area (Å²) < 4.78 is 0. The Kier molecular flexibility index (Phi) is 5.81. The van der Waals surface area contributed by atoms with Gasteiger partial charge in [0.05, 0.1) is 11.8 Å². The molecule has 0 spiro atoms. The van der Waals surface area contributed by atoms with Crippen LogP contribution in [0.25, 0.3) is 11.3 Å². The first-order chi connectivity index (χ1) is 12.5. The molecule has 0 saturated heterocycles. The second-order valence-electron chi connectivity index (χ2n) is 6.30. The molecule has 0 bridgehead atoms. The lowest BCUT2D eigenvalue weighted by atomic mass is 10.1. The van der Waals surface area contributed by atoms with Gasteiger partial charge in [0, 0.05) is 16.9 Å². The smallest absolute Gasteiger partial charge is 0.226 e. The van der Waals surface area contributed by atoms with E-state index < -0.39 is 6.10 Å². The van der Waals surface area contributed by atoms with E-state index >= 15 is 0 Å². The Morgan fingerprint density at radius 2 is 1.81 bits per heavy atom. The number of nitrogens with zero attached hydrogens (tertiary/aromatic N) is 1. The molecule has 2 N–H and O–H groups in total. The molecule has 5 heteroatoms. The van der Waals surface area contributed by atoms with Crippen LogP contribution in [0.5, 0.6) is 0 Å². The molecule has 0 aliphatic heterocycles. The number of nitrogens with one attached hydrogen (secondary N) is 1. The molecular formula is C21H22N2O2S. The Morgan fingerprint density at radius 1 is 1.12 bits per heavy atom. The van der Waals surface area contributed by atoms with Gasteiger partial charge in [-0.3, -0.25) is 4.79 Å². The first-order valence-electron chi connectivity index (χ1n) is 8.60. The van der Waals surface area contributed by atoms with Crippen LogP contribution in [-0.2, 0) is 4.79 Å². The summed E-state index contributed by atoms with van der Waals surface area (Å²) in [6, 6.07) is 17.6. The zero-order valence-electron chi connectivity index (χ0n) is 14.9. The third-order valence-corrected chi connectivity index (χ3v) is 5.08. The molecular weight excluding hydrogens is 344 g/mol. The van der Waals surface area contributed by atoms with Crippen LogP contribution in [0.1, 0.15) is 34.9 Å². The number of hydrogen-bond acceptors (Lipinski definition) is 4. The van der Waals surface area contributed by atoms with Gasteiger partial charge in [-0.25, -0.2) is 4.98 Å². The van der Waals surface area contributed by atoms with Crippen molar-refractivity contribution >= 4 is 22.4 Å². The van der Waals surface area contributed by atoms with Gasteiger partial charge < -0.3 is 10.4 Å². The SMILES string of the molecule is Cc1ccc(-c2nc(NC(=O)CC[C@H](O)c3ccccc3)sc2C)cc1. The fraction of sp³-hybridized carbons (Fsp3) is 0.238. The number of carbonyl (C=O) groups is 1. The quantitative estimate of drug-likeness (QED) is 0.653. The van der Waals surface area contributed by atoms with Crippen LogP contribution in [0, 0.1) is 13.8 Å². The van der Waals surface area contributed by atoms with Crippen LogP contribution in [0.4, 0.5) is 5.13 Å². The van der Waals surface area contributed by atoms with Gasteiger partial charge in [0.15, 0.2) is 5.13 Å². The first-order valence-corrected chi connectivity index (χ1v) is 9.42. The molecule has 0 radical (unpaired) electrons. The summed E-state index contributed by atoms with van der Waals surface area (Å²) >= 11 is 1.47. The van der Waals surface area contributed by atoms with Crippen molar-refractivity contribution in [3.63, 3.8) is 0 Å². The molecule has 1 amide bonds. The van der Waals surface area contributed by atoms with Crippen molar-refractivity contribution in [2.24, 2.45) is 0 Å². The highest BCUT2D eigenvalue weighted by molar-refractivity contribution is 7.16. The van der Waals surface area contributed by atoms with E-state index in [1.54, 1.807) is 0 Å². The third-order valence-electron chi connectivity index (χ3n) is 4.20. The van der Waals surface area contributed by atoms with Crippen molar-refractivity contribution in [2.45, 2.75) is 32.8 Å². The van der Waals surface area contributed by atoms with Crippen LogP contribution in [0.15, 0.2) is 54.6 Å². The minimum Gasteiger partial charge on any atom is -0.388 e. The summed E-state index contributed by atoms with van der Waals surface area (Å²) in [6.07, 6.45) is -0.0114. The topological polar surface area (TPSA) is 62.2 Å². The van der Waals surface area contributed by atoms with Gasteiger partial charge in [0.2, 0.25) is 5.91 Å². The maximum Gasteiger partial charge on any atom is 0.226 e. The van der Waals surface area contributed by atoms with Crippen molar-refractivity contribution in [2.75, 3.05) is 5.32 Å².